The van der Waals surface area contributed by atoms with E-state index in [1.54, 1.807) is 24.3 Å². The van der Waals surface area contributed by atoms with Crippen molar-refractivity contribution >= 4 is 17.0 Å². The van der Waals surface area contributed by atoms with Crippen molar-refractivity contribution in [1.82, 2.24) is 24.4 Å². The van der Waals surface area contributed by atoms with Gasteiger partial charge in [-0.1, -0.05) is 6.92 Å². The summed E-state index contributed by atoms with van der Waals surface area (Å²) in [6.07, 6.45) is -1.18. The van der Waals surface area contributed by atoms with Crippen molar-refractivity contribution < 1.29 is 41.7 Å². The Kier molecular flexibility index (Phi) is 10.1. The lowest BCUT2D eigenvalue weighted by atomic mass is 10.1. The normalized spacial score (nSPS) is 14.6. The third-order valence-electron chi connectivity index (χ3n) is 7.35. The molecule has 1 aliphatic rings. The van der Waals surface area contributed by atoms with Gasteiger partial charge in [0.15, 0.2) is 5.82 Å². The molecular formula is C31H33F4N5O5. The highest BCUT2D eigenvalue weighted by Gasteiger charge is 2.35. The smallest absolute Gasteiger partial charge is 0.420 e. The molecule has 1 saturated heterocycles. The fourth-order valence-electron chi connectivity index (χ4n) is 5.14. The first-order chi connectivity index (χ1) is 21.6. The minimum Gasteiger partial charge on any atom is -0.485 e. The lowest BCUT2D eigenvalue weighted by molar-refractivity contribution is -0.139. The van der Waals surface area contributed by atoms with Gasteiger partial charge in [-0.15, -0.1) is 0 Å². The van der Waals surface area contributed by atoms with Gasteiger partial charge in [0.2, 0.25) is 5.88 Å². The molecule has 0 bridgehead atoms. The lowest BCUT2D eigenvalue weighted by Gasteiger charge is -2.31. The molecular weight excluding hydrogens is 598 g/mol. The van der Waals surface area contributed by atoms with Gasteiger partial charge in [-0.05, 0) is 55.7 Å². The van der Waals surface area contributed by atoms with E-state index in [0.717, 1.165) is 35.4 Å². The van der Waals surface area contributed by atoms with Gasteiger partial charge < -0.3 is 23.9 Å². The van der Waals surface area contributed by atoms with Crippen molar-refractivity contribution in [3.05, 3.63) is 77.3 Å². The van der Waals surface area contributed by atoms with Gasteiger partial charge in [0, 0.05) is 38.5 Å². The predicted octanol–water partition coefficient (Wildman–Crippen LogP) is 5.73. The molecule has 240 valence electrons. The summed E-state index contributed by atoms with van der Waals surface area (Å²) in [7, 11) is 0. The Balaban J connectivity index is 1.18. The molecule has 4 aromatic rings. The Morgan fingerprint density at radius 3 is 2.60 bits per heavy atom. The number of aromatic nitrogens is 4. The van der Waals surface area contributed by atoms with Crippen LogP contribution >= 0.6 is 0 Å². The Hall–Kier alpha value is -4.30. The summed E-state index contributed by atoms with van der Waals surface area (Å²) in [6, 6.07) is 8.69. The minimum atomic E-state index is -4.78. The molecule has 1 aliphatic heterocycles. The number of rotatable bonds is 13. The zero-order valence-corrected chi connectivity index (χ0v) is 24.6. The van der Waals surface area contributed by atoms with E-state index in [1.807, 2.05) is 11.5 Å². The maximum atomic E-state index is 13.4. The van der Waals surface area contributed by atoms with E-state index >= 15 is 0 Å². The van der Waals surface area contributed by atoms with Crippen LogP contribution in [0.5, 0.6) is 11.6 Å². The number of ether oxygens (including phenoxy) is 3. The molecule has 45 heavy (non-hydrogen) atoms. The second-order valence-corrected chi connectivity index (χ2v) is 10.6. The number of nitrogens with zero attached hydrogens (tertiary/aromatic N) is 5. The fourth-order valence-corrected chi connectivity index (χ4v) is 5.14. The number of carboxylic acid groups (broad SMARTS) is 1. The van der Waals surface area contributed by atoms with Gasteiger partial charge in [-0.25, -0.2) is 19.2 Å². The molecule has 0 amide bonds. The predicted molar refractivity (Wildman–Crippen MR) is 154 cm³/mol. The molecule has 10 nitrogen and oxygen atoms in total. The van der Waals surface area contributed by atoms with Crippen LogP contribution in [0, 0.1) is 5.82 Å². The molecule has 2 aromatic carbocycles. The number of hydrogen-bond donors (Lipinski definition) is 1. The van der Waals surface area contributed by atoms with Crippen molar-refractivity contribution in [3.63, 3.8) is 0 Å². The van der Waals surface area contributed by atoms with Crippen molar-refractivity contribution in [2.24, 2.45) is 0 Å². The van der Waals surface area contributed by atoms with E-state index in [0.29, 0.717) is 58.3 Å². The number of benzene rings is 2. The van der Waals surface area contributed by atoms with Gasteiger partial charge >= 0.3 is 12.1 Å². The number of hydrogen-bond acceptors (Lipinski definition) is 8. The standard InChI is InChI=1S/C31H33F4N5O5/c1-2-14-43-15-13-40-25-16-20(30(41)42)3-5-24(25)37-28(40)18-39-11-8-22(9-12-39)45-29-7-10-36-27(38-29)19-44-26-6-4-21(32)17-23(26)31(33,34)35/h3-7,10,16-17,22H,2,8-9,11-15,18-19H2,1H3,(H,41,42). The summed E-state index contributed by atoms with van der Waals surface area (Å²) in [4.78, 5) is 27.0. The number of carboxylic acids is 1. The number of aromatic carboxylic acids is 1. The average molecular weight is 632 g/mol. The number of fused-ring (bicyclic) bond motifs is 1. The average Bonchev–Trinajstić information content (AvgIpc) is 3.35. The van der Waals surface area contributed by atoms with Gasteiger partial charge in [0.25, 0.3) is 0 Å². The van der Waals surface area contributed by atoms with Crippen molar-refractivity contribution in [2.75, 3.05) is 26.3 Å². The molecule has 1 fully saturated rings. The van der Waals surface area contributed by atoms with Crippen molar-refractivity contribution in [3.8, 4) is 11.6 Å². The summed E-state index contributed by atoms with van der Waals surface area (Å²) in [5.74, 6) is -1.31. The highest BCUT2D eigenvalue weighted by Crippen LogP contribution is 2.37. The molecule has 0 unspecified atom stereocenters. The van der Waals surface area contributed by atoms with Crippen LogP contribution in [0.3, 0.4) is 0 Å². The number of carbonyl (C=O) groups is 1. The molecule has 0 saturated carbocycles. The van der Waals surface area contributed by atoms with E-state index in [-0.39, 0.29) is 30.0 Å². The lowest BCUT2D eigenvalue weighted by Crippen LogP contribution is -2.38. The first-order valence-corrected chi connectivity index (χ1v) is 14.6. The molecule has 14 heteroatoms. The summed E-state index contributed by atoms with van der Waals surface area (Å²) < 4.78 is 72.3. The molecule has 2 aromatic heterocycles. The topological polar surface area (TPSA) is 112 Å². The largest absolute Gasteiger partial charge is 0.485 e. The second kappa shape index (κ2) is 14.2. The highest BCUT2D eigenvalue weighted by molar-refractivity contribution is 5.92. The van der Waals surface area contributed by atoms with Gasteiger partial charge in [-0.3, -0.25) is 4.90 Å². The minimum absolute atomic E-state index is 0.121. The maximum absolute atomic E-state index is 13.4. The van der Waals surface area contributed by atoms with E-state index in [9.17, 15) is 27.5 Å². The van der Waals surface area contributed by atoms with Crippen LogP contribution in [0.25, 0.3) is 11.0 Å². The Bertz CT molecular complexity index is 1620. The number of piperidine rings is 1. The van der Waals surface area contributed by atoms with Crippen LogP contribution in [0.1, 0.15) is 53.8 Å². The maximum Gasteiger partial charge on any atom is 0.420 e. The third kappa shape index (κ3) is 8.25. The van der Waals surface area contributed by atoms with Crippen LogP contribution in [0.2, 0.25) is 0 Å². The van der Waals surface area contributed by atoms with Gasteiger partial charge in [0.05, 0.1) is 29.7 Å². The molecule has 0 spiro atoms. The number of imidazole rings is 1. The molecule has 5 rings (SSSR count). The Morgan fingerprint density at radius 2 is 1.87 bits per heavy atom. The fraction of sp³-hybridized carbons (Fsp3) is 0.419. The number of likely N-dealkylation sites (tertiary alicyclic amines) is 1. The molecule has 3 heterocycles. The van der Waals surface area contributed by atoms with Crippen LogP contribution < -0.4 is 9.47 Å². The van der Waals surface area contributed by atoms with Gasteiger partial charge in [0.1, 0.15) is 35.7 Å². The van der Waals surface area contributed by atoms with Crippen LogP contribution in [0.15, 0.2) is 48.7 Å². The highest BCUT2D eigenvalue weighted by atomic mass is 19.4. The summed E-state index contributed by atoms with van der Waals surface area (Å²) in [5, 5.41) is 9.48. The molecule has 0 atom stereocenters. The molecule has 0 radical (unpaired) electrons. The summed E-state index contributed by atoms with van der Waals surface area (Å²) in [6.45, 7) is 5.35. The Labute approximate surface area is 256 Å². The molecule has 0 aliphatic carbocycles. The number of alkyl halides is 3. The zero-order valence-electron chi connectivity index (χ0n) is 24.6. The third-order valence-corrected chi connectivity index (χ3v) is 7.35. The monoisotopic (exact) mass is 631 g/mol. The van der Waals surface area contributed by atoms with Crippen molar-refractivity contribution in [1.29, 1.82) is 0 Å². The van der Waals surface area contributed by atoms with Gasteiger partial charge in [-0.2, -0.15) is 18.2 Å². The van der Waals surface area contributed by atoms with E-state index in [1.165, 1.54) is 6.20 Å². The van der Waals surface area contributed by atoms with Crippen LogP contribution in [-0.2, 0) is 30.6 Å². The quantitative estimate of drug-likeness (QED) is 0.146. The Morgan fingerprint density at radius 1 is 1.07 bits per heavy atom. The van der Waals surface area contributed by atoms with Crippen LogP contribution in [0.4, 0.5) is 17.6 Å². The second-order valence-electron chi connectivity index (χ2n) is 10.6. The van der Waals surface area contributed by atoms with Crippen LogP contribution in [-0.4, -0.2) is 67.9 Å². The SMILES string of the molecule is CCCOCCn1c(CN2CCC(Oc3ccnc(COc4ccc(F)cc4C(F)(F)F)n3)CC2)nc2ccc(C(=O)O)cc21. The molecule has 1 N–H and O–H groups in total. The zero-order chi connectivity index (χ0) is 32.0. The summed E-state index contributed by atoms with van der Waals surface area (Å²) >= 11 is 0. The van der Waals surface area contributed by atoms with E-state index in [4.69, 9.17) is 19.2 Å². The summed E-state index contributed by atoms with van der Waals surface area (Å²) in [5.41, 5.74) is 0.456. The van der Waals surface area contributed by atoms with E-state index in [2.05, 4.69) is 14.9 Å². The van der Waals surface area contributed by atoms with E-state index < -0.39 is 29.3 Å². The number of halogens is 4. The van der Waals surface area contributed by atoms with Crippen molar-refractivity contribution in [2.45, 2.75) is 58.2 Å². The first kappa shape index (κ1) is 32.1. The first-order valence-electron chi connectivity index (χ1n) is 14.6.